The van der Waals surface area contributed by atoms with Crippen LogP contribution in [0.15, 0.2) is 30.6 Å². The minimum absolute atomic E-state index is 0.0717. The van der Waals surface area contributed by atoms with Crippen molar-refractivity contribution in [2.45, 2.75) is 6.18 Å². The Labute approximate surface area is 157 Å². The monoisotopic (exact) mass is 397 g/mol. The van der Waals surface area contributed by atoms with Gasteiger partial charge in [-0.3, -0.25) is 0 Å². The van der Waals surface area contributed by atoms with E-state index in [1.165, 1.54) is 33.7 Å². The molecule has 3 rings (SSSR count). The summed E-state index contributed by atoms with van der Waals surface area (Å²) in [7, 11) is 4.23. The molecule has 0 aliphatic carbocycles. The van der Waals surface area contributed by atoms with Crippen LogP contribution in [0.5, 0.6) is 17.2 Å². The smallest absolute Gasteiger partial charge is 0.416 e. The highest BCUT2D eigenvalue weighted by Crippen LogP contribution is 2.44. The summed E-state index contributed by atoms with van der Waals surface area (Å²) in [5, 5.41) is 2.93. The zero-order valence-electron chi connectivity index (χ0n) is 15.0. The summed E-state index contributed by atoms with van der Waals surface area (Å²) >= 11 is 0. The van der Waals surface area contributed by atoms with Crippen LogP contribution in [0.4, 0.5) is 29.1 Å². The van der Waals surface area contributed by atoms with Crippen molar-refractivity contribution in [3.05, 3.63) is 42.0 Å². The minimum atomic E-state index is -4.61. The largest absolute Gasteiger partial charge is 0.493 e. The maximum Gasteiger partial charge on any atom is 0.416 e. The Morgan fingerprint density at radius 2 is 1.64 bits per heavy atom. The third-order valence-electron chi connectivity index (χ3n) is 3.98. The van der Waals surface area contributed by atoms with Crippen molar-refractivity contribution >= 4 is 22.4 Å². The predicted octanol–water partition coefficient (Wildman–Crippen LogP) is 4.56. The third kappa shape index (κ3) is 3.45. The van der Waals surface area contributed by atoms with Crippen molar-refractivity contribution in [3.8, 4) is 17.2 Å². The van der Waals surface area contributed by atoms with Crippen LogP contribution in [0.2, 0.25) is 0 Å². The van der Waals surface area contributed by atoms with Gasteiger partial charge in [-0.15, -0.1) is 0 Å². The van der Waals surface area contributed by atoms with Crippen LogP contribution in [-0.4, -0.2) is 31.3 Å². The van der Waals surface area contributed by atoms with Gasteiger partial charge in [0.2, 0.25) is 5.75 Å². The zero-order chi connectivity index (χ0) is 20.5. The zero-order valence-corrected chi connectivity index (χ0v) is 15.0. The molecular weight excluding hydrogens is 382 g/mol. The first-order valence-corrected chi connectivity index (χ1v) is 7.87. The summed E-state index contributed by atoms with van der Waals surface area (Å²) in [5.41, 5.74) is -1.07. The molecule has 0 saturated carbocycles. The van der Waals surface area contributed by atoms with Gasteiger partial charge in [-0.25, -0.2) is 14.4 Å². The molecule has 6 nitrogen and oxygen atoms in total. The molecule has 0 fully saturated rings. The van der Waals surface area contributed by atoms with E-state index >= 15 is 0 Å². The van der Waals surface area contributed by atoms with E-state index in [4.69, 9.17) is 14.2 Å². The second-order valence-corrected chi connectivity index (χ2v) is 5.58. The van der Waals surface area contributed by atoms with Crippen molar-refractivity contribution in [1.82, 2.24) is 9.97 Å². The van der Waals surface area contributed by atoms with Gasteiger partial charge in [0.1, 0.15) is 23.5 Å². The number of methoxy groups -OCH3 is 3. The Bertz CT molecular complexity index is 1030. The van der Waals surface area contributed by atoms with Crippen molar-refractivity contribution < 1.29 is 31.8 Å². The highest BCUT2D eigenvalue weighted by atomic mass is 19.4. The fourth-order valence-corrected chi connectivity index (χ4v) is 2.69. The summed E-state index contributed by atoms with van der Waals surface area (Å²) < 4.78 is 68.8. The predicted molar refractivity (Wildman–Crippen MR) is 93.9 cm³/mol. The second-order valence-electron chi connectivity index (χ2n) is 5.58. The van der Waals surface area contributed by atoms with Gasteiger partial charge >= 0.3 is 6.18 Å². The molecule has 0 amide bonds. The molecule has 0 unspecified atom stereocenters. The van der Waals surface area contributed by atoms with Gasteiger partial charge in [0.15, 0.2) is 11.5 Å². The molecule has 0 atom stereocenters. The van der Waals surface area contributed by atoms with Crippen LogP contribution in [-0.2, 0) is 6.18 Å². The number of ether oxygens (including phenoxy) is 3. The molecule has 148 valence electrons. The number of hydrogen-bond donors (Lipinski definition) is 1. The van der Waals surface area contributed by atoms with Crippen LogP contribution >= 0.6 is 0 Å². The Morgan fingerprint density at radius 3 is 2.25 bits per heavy atom. The second kappa shape index (κ2) is 7.37. The minimum Gasteiger partial charge on any atom is -0.493 e. The number of rotatable bonds is 5. The highest BCUT2D eigenvalue weighted by molar-refractivity contribution is 5.97. The highest BCUT2D eigenvalue weighted by Gasteiger charge is 2.31. The van der Waals surface area contributed by atoms with Gasteiger partial charge in [0.25, 0.3) is 0 Å². The lowest BCUT2D eigenvalue weighted by molar-refractivity contribution is -0.137. The lowest BCUT2D eigenvalue weighted by atomic mass is 10.1. The Kier molecular flexibility index (Phi) is 5.12. The number of hydrogen-bond acceptors (Lipinski definition) is 6. The number of nitrogens with one attached hydrogen (secondary N) is 1. The van der Waals surface area contributed by atoms with E-state index < -0.39 is 17.6 Å². The van der Waals surface area contributed by atoms with Gasteiger partial charge in [0.05, 0.1) is 38.0 Å². The molecule has 3 aromatic rings. The van der Waals surface area contributed by atoms with E-state index in [9.17, 15) is 17.6 Å². The van der Waals surface area contributed by atoms with Gasteiger partial charge in [0, 0.05) is 0 Å². The maximum absolute atomic E-state index is 14.1. The number of aromatic nitrogens is 2. The molecular formula is C18H15F4N3O3. The Balaban J connectivity index is 2.18. The van der Waals surface area contributed by atoms with Gasteiger partial charge in [-0.1, -0.05) is 0 Å². The molecule has 0 aliphatic heterocycles. The summed E-state index contributed by atoms with van der Waals surface area (Å²) in [4.78, 5) is 8.15. The lowest BCUT2D eigenvalue weighted by Gasteiger charge is -2.16. The topological polar surface area (TPSA) is 65.5 Å². The van der Waals surface area contributed by atoms with Crippen LogP contribution in [0.25, 0.3) is 10.9 Å². The van der Waals surface area contributed by atoms with Gasteiger partial charge in [-0.2, -0.15) is 13.2 Å². The average Bonchev–Trinajstić information content (AvgIpc) is 2.67. The van der Waals surface area contributed by atoms with Gasteiger partial charge < -0.3 is 19.5 Å². The van der Waals surface area contributed by atoms with Crippen LogP contribution < -0.4 is 19.5 Å². The number of nitrogens with zero attached hydrogens (tertiary/aromatic N) is 2. The molecule has 0 bridgehead atoms. The Hall–Kier alpha value is -3.30. The molecule has 0 saturated heterocycles. The standard InChI is InChI=1S/C18H15F4N3O3/c1-26-13-7-10-14(16(28-3)15(13)27-2)23-8-24-17(10)25-12-6-9(18(20,21)22)4-5-11(12)19/h4-8H,1-3H3,(H,23,24,25). The number of alkyl halides is 3. The molecule has 0 spiro atoms. The number of halogens is 4. The first-order valence-electron chi connectivity index (χ1n) is 7.87. The van der Waals surface area contributed by atoms with Crippen LogP contribution in [0.3, 0.4) is 0 Å². The van der Waals surface area contributed by atoms with Crippen LogP contribution in [0, 0.1) is 5.82 Å². The Morgan fingerprint density at radius 1 is 0.929 bits per heavy atom. The summed E-state index contributed by atoms with van der Waals surface area (Å²) in [6.07, 6.45) is -3.44. The van der Waals surface area contributed by atoms with E-state index in [-0.39, 0.29) is 28.8 Å². The van der Waals surface area contributed by atoms with Crippen molar-refractivity contribution in [2.24, 2.45) is 0 Å². The fraction of sp³-hybridized carbons (Fsp3) is 0.222. The first-order chi connectivity index (χ1) is 13.3. The summed E-state index contributed by atoms with van der Waals surface area (Å²) in [5.74, 6) is 0.0168. The first kappa shape index (κ1) is 19.5. The molecule has 28 heavy (non-hydrogen) atoms. The molecule has 1 heterocycles. The maximum atomic E-state index is 14.1. The molecule has 0 radical (unpaired) electrons. The molecule has 1 N–H and O–H groups in total. The molecule has 2 aromatic carbocycles. The van der Waals surface area contributed by atoms with Crippen molar-refractivity contribution in [2.75, 3.05) is 26.6 Å². The van der Waals surface area contributed by atoms with E-state index in [0.717, 1.165) is 6.07 Å². The van der Waals surface area contributed by atoms with E-state index in [0.29, 0.717) is 23.0 Å². The summed E-state index contributed by atoms with van der Waals surface area (Å²) in [6, 6.07) is 3.58. The average molecular weight is 397 g/mol. The third-order valence-corrected chi connectivity index (χ3v) is 3.98. The van der Waals surface area contributed by atoms with E-state index in [2.05, 4.69) is 15.3 Å². The fourth-order valence-electron chi connectivity index (χ4n) is 2.69. The van der Waals surface area contributed by atoms with Crippen molar-refractivity contribution in [3.63, 3.8) is 0 Å². The van der Waals surface area contributed by atoms with Crippen molar-refractivity contribution in [1.29, 1.82) is 0 Å². The number of anilines is 2. The lowest BCUT2D eigenvalue weighted by Crippen LogP contribution is -2.07. The molecule has 10 heteroatoms. The quantitative estimate of drug-likeness (QED) is 0.637. The number of fused-ring (bicyclic) bond motifs is 1. The van der Waals surface area contributed by atoms with E-state index in [1.54, 1.807) is 0 Å². The SMILES string of the molecule is COc1cc2c(Nc3cc(C(F)(F)F)ccc3F)ncnc2c(OC)c1OC. The molecule has 0 aliphatic rings. The van der Waals surface area contributed by atoms with E-state index in [1.807, 2.05) is 0 Å². The van der Waals surface area contributed by atoms with Gasteiger partial charge in [-0.05, 0) is 24.3 Å². The normalized spacial score (nSPS) is 11.4. The summed E-state index contributed by atoms with van der Waals surface area (Å²) in [6.45, 7) is 0. The van der Waals surface area contributed by atoms with Crippen LogP contribution in [0.1, 0.15) is 5.56 Å². The number of benzene rings is 2. The molecule has 1 aromatic heterocycles.